The summed E-state index contributed by atoms with van der Waals surface area (Å²) in [6.07, 6.45) is 2.38. The topological polar surface area (TPSA) is 63.2 Å². The summed E-state index contributed by atoms with van der Waals surface area (Å²) in [4.78, 5) is 13.4. The van der Waals surface area contributed by atoms with Crippen LogP contribution in [-0.4, -0.2) is 32.4 Å². The number of aryl methyl sites for hydroxylation is 1. The third-order valence-corrected chi connectivity index (χ3v) is 7.54. The molecule has 244 valence electrons. The van der Waals surface area contributed by atoms with E-state index in [1.807, 2.05) is 31.2 Å². The highest BCUT2D eigenvalue weighted by molar-refractivity contribution is 6.31. The molecule has 0 atom stereocenters. The second-order valence-corrected chi connectivity index (χ2v) is 11.2. The van der Waals surface area contributed by atoms with E-state index in [1.165, 1.54) is 12.1 Å². The van der Waals surface area contributed by atoms with E-state index in [4.69, 9.17) is 35.3 Å². The Morgan fingerprint density at radius 3 is 1.74 bits per heavy atom. The zero-order chi connectivity index (χ0) is 33.0. The van der Waals surface area contributed by atoms with Crippen molar-refractivity contribution < 1.29 is 37.3 Å². The zero-order valence-electron chi connectivity index (χ0n) is 26.0. The number of benzene rings is 5. The maximum absolute atomic E-state index is 13.9. The highest BCUT2D eigenvalue weighted by atomic mass is 35.5. The van der Waals surface area contributed by atoms with Crippen LogP contribution >= 0.6 is 11.6 Å². The van der Waals surface area contributed by atoms with Crippen LogP contribution in [0, 0.1) is 18.6 Å². The van der Waals surface area contributed by atoms with Gasteiger partial charge < -0.3 is 23.7 Å². The Bertz CT molecular complexity index is 1810. The SMILES string of the molecule is Cc1ccccc1C(=O)Oc1c(OCCCCOc2ccccc2F)c(OCCCCOc2ccccc2F)cc2ccc(Cl)cc12. The van der Waals surface area contributed by atoms with Gasteiger partial charge in [0.2, 0.25) is 5.75 Å². The average molecular weight is 661 g/mol. The molecule has 0 aliphatic heterocycles. The number of esters is 1. The fraction of sp³-hybridized carbons (Fsp3) is 0.237. The van der Waals surface area contributed by atoms with E-state index >= 15 is 0 Å². The van der Waals surface area contributed by atoms with Crippen LogP contribution < -0.4 is 23.7 Å². The molecule has 0 saturated heterocycles. The first-order valence-corrected chi connectivity index (χ1v) is 15.8. The summed E-state index contributed by atoms with van der Waals surface area (Å²) in [7, 11) is 0. The Balaban J connectivity index is 1.32. The maximum Gasteiger partial charge on any atom is 0.343 e. The lowest BCUT2D eigenvalue weighted by Gasteiger charge is -2.19. The van der Waals surface area contributed by atoms with Gasteiger partial charge in [-0.15, -0.1) is 0 Å². The Kier molecular flexibility index (Phi) is 11.9. The number of unbranched alkanes of at least 4 members (excludes halogenated alkanes) is 2. The number of carbonyl (C=O) groups excluding carboxylic acids is 1. The number of fused-ring (bicyclic) bond motifs is 1. The molecule has 0 aliphatic carbocycles. The number of ether oxygens (including phenoxy) is 5. The molecule has 0 unspecified atom stereocenters. The summed E-state index contributed by atoms with van der Waals surface area (Å²) in [5.74, 6) is -0.123. The molecule has 0 radical (unpaired) electrons. The van der Waals surface area contributed by atoms with E-state index in [2.05, 4.69) is 0 Å². The van der Waals surface area contributed by atoms with Crippen LogP contribution in [0.15, 0.2) is 97.1 Å². The van der Waals surface area contributed by atoms with Crippen molar-refractivity contribution in [1.82, 2.24) is 0 Å². The van der Waals surface area contributed by atoms with Crippen LogP contribution in [-0.2, 0) is 0 Å². The molecule has 5 rings (SSSR count). The maximum atomic E-state index is 13.9. The minimum Gasteiger partial charge on any atom is -0.491 e. The lowest BCUT2D eigenvalue weighted by Crippen LogP contribution is -2.13. The van der Waals surface area contributed by atoms with Gasteiger partial charge in [-0.05, 0) is 92.1 Å². The molecular formula is C38H35ClF2O6. The van der Waals surface area contributed by atoms with Crippen LogP contribution in [0.3, 0.4) is 0 Å². The number of halogens is 3. The van der Waals surface area contributed by atoms with Gasteiger partial charge >= 0.3 is 5.97 Å². The Hall–Kier alpha value is -4.82. The molecule has 5 aromatic rings. The summed E-state index contributed by atoms with van der Waals surface area (Å²) in [6.45, 7) is 3.00. The van der Waals surface area contributed by atoms with Crippen molar-refractivity contribution in [3.8, 4) is 28.7 Å². The third-order valence-electron chi connectivity index (χ3n) is 7.31. The van der Waals surface area contributed by atoms with Crippen LogP contribution in [0.4, 0.5) is 8.78 Å². The van der Waals surface area contributed by atoms with Gasteiger partial charge in [0.05, 0.1) is 32.0 Å². The summed E-state index contributed by atoms with van der Waals surface area (Å²) < 4.78 is 57.4. The van der Waals surface area contributed by atoms with E-state index < -0.39 is 17.6 Å². The van der Waals surface area contributed by atoms with Gasteiger partial charge in [0, 0.05) is 10.4 Å². The fourth-order valence-corrected chi connectivity index (χ4v) is 5.01. The van der Waals surface area contributed by atoms with Gasteiger partial charge in [-0.2, -0.15) is 0 Å². The van der Waals surface area contributed by atoms with Crippen LogP contribution in [0.5, 0.6) is 28.7 Å². The van der Waals surface area contributed by atoms with Gasteiger partial charge in [-0.3, -0.25) is 0 Å². The first-order chi connectivity index (χ1) is 22.9. The van der Waals surface area contributed by atoms with Crippen LogP contribution in [0.2, 0.25) is 5.02 Å². The minimum absolute atomic E-state index is 0.193. The number of hydrogen-bond donors (Lipinski definition) is 0. The molecule has 0 spiro atoms. The van der Waals surface area contributed by atoms with E-state index in [0.717, 1.165) is 10.9 Å². The predicted molar refractivity (Wildman–Crippen MR) is 178 cm³/mol. The van der Waals surface area contributed by atoms with Crippen molar-refractivity contribution >= 4 is 28.3 Å². The molecule has 0 N–H and O–H groups in total. The normalized spacial score (nSPS) is 10.9. The summed E-state index contributed by atoms with van der Waals surface area (Å²) >= 11 is 6.38. The quantitative estimate of drug-likeness (QED) is 0.0596. The molecule has 6 nitrogen and oxygen atoms in total. The predicted octanol–water partition coefficient (Wildman–Crippen LogP) is 9.78. The molecule has 5 aromatic carbocycles. The standard InChI is InChI=1S/C38H35ClF2O6/c1-26-12-2-3-13-29(26)38(42)47-36-30-25-28(39)19-18-27(30)24-35(45-22-9-8-20-43-33-16-6-4-14-31(33)40)37(36)46-23-11-10-21-44-34-17-7-5-15-32(34)41/h2-7,12-19,24-25H,8-11,20-23H2,1H3. The van der Waals surface area contributed by atoms with Gasteiger partial charge in [0.25, 0.3) is 0 Å². The molecular weight excluding hydrogens is 626 g/mol. The van der Waals surface area contributed by atoms with Gasteiger partial charge in [-0.25, -0.2) is 13.6 Å². The van der Waals surface area contributed by atoms with Crippen molar-refractivity contribution in [2.24, 2.45) is 0 Å². The van der Waals surface area contributed by atoms with Gasteiger partial charge in [0.15, 0.2) is 34.6 Å². The van der Waals surface area contributed by atoms with E-state index in [9.17, 15) is 13.6 Å². The third kappa shape index (κ3) is 9.14. The molecule has 9 heteroatoms. The largest absolute Gasteiger partial charge is 0.491 e. The Labute approximate surface area is 277 Å². The van der Waals surface area contributed by atoms with Crippen LogP contribution in [0.1, 0.15) is 41.6 Å². The minimum atomic E-state index is -0.546. The van der Waals surface area contributed by atoms with E-state index in [0.29, 0.717) is 67.2 Å². The number of carbonyl (C=O) groups is 1. The first kappa shape index (κ1) is 33.5. The van der Waals surface area contributed by atoms with E-state index in [-0.39, 0.29) is 29.6 Å². The van der Waals surface area contributed by atoms with E-state index in [1.54, 1.807) is 60.7 Å². The molecule has 0 bridgehead atoms. The lowest BCUT2D eigenvalue weighted by molar-refractivity contribution is 0.0728. The fourth-order valence-electron chi connectivity index (χ4n) is 4.84. The van der Waals surface area contributed by atoms with Crippen molar-refractivity contribution in [2.45, 2.75) is 32.6 Å². The lowest BCUT2D eigenvalue weighted by atomic mass is 10.1. The molecule has 47 heavy (non-hydrogen) atoms. The smallest absolute Gasteiger partial charge is 0.343 e. The van der Waals surface area contributed by atoms with Crippen molar-refractivity contribution in [2.75, 3.05) is 26.4 Å². The zero-order valence-corrected chi connectivity index (χ0v) is 26.7. The molecule has 0 amide bonds. The first-order valence-electron chi connectivity index (χ1n) is 15.4. The van der Waals surface area contributed by atoms with Crippen molar-refractivity contribution in [3.63, 3.8) is 0 Å². The molecule has 0 fully saturated rings. The second kappa shape index (κ2) is 16.7. The van der Waals surface area contributed by atoms with Crippen LogP contribution in [0.25, 0.3) is 10.8 Å². The van der Waals surface area contributed by atoms with Gasteiger partial charge in [0.1, 0.15) is 0 Å². The highest BCUT2D eigenvalue weighted by Crippen LogP contribution is 2.45. The molecule has 0 heterocycles. The number of hydrogen-bond acceptors (Lipinski definition) is 6. The monoisotopic (exact) mass is 660 g/mol. The van der Waals surface area contributed by atoms with Crippen molar-refractivity contribution in [1.29, 1.82) is 0 Å². The summed E-state index contributed by atoms with van der Waals surface area (Å²) in [5, 5.41) is 1.79. The molecule has 0 aromatic heterocycles. The second-order valence-electron chi connectivity index (χ2n) is 10.8. The van der Waals surface area contributed by atoms with Crippen molar-refractivity contribution in [3.05, 3.63) is 125 Å². The Morgan fingerprint density at radius 1 is 0.617 bits per heavy atom. The molecule has 0 aliphatic rings. The number of rotatable bonds is 16. The summed E-state index contributed by atoms with van der Waals surface area (Å²) in [6, 6.07) is 26.8. The highest BCUT2D eigenvalue weighted by Gasteiger charge is 2.22. The van der Waals surface area contributed by atoms with Gasteiger partial charge in [-0.1, -0.05) is 60.1 Å². The molecule has 0 saturated carbocycles. The average Bonchev–Trinajstić information content (AvgIpc) is 3.07. The number of para-hydroxylation sites is 2. The Morgan fingerprint density at radius 2 is 1.15 bits per heavy atom. The summed E-state index contributed by atoms with van der Waals surface area (Å²) in [5.41, 5.74) is 1.18.